The summed E-state index contributed by atoms with van der Waals surface area (Å²) >= 11 is 0. The van der Waals surface area contributed by atoms with Crippen LogP contribution in [0.2, 0.25) is 0 Å². The van der Waals surface area contributed by atoms with E-state index in [1.807, 2.05) is 43.3 Å². The molecule has 2 aliphatic rings. The topological polar surface area (TPSA) is 105 Å². The molecule has 0 saturated carbocycles. The number of rotatable bonds is 10. The summed E-state index contributed by atoms with van der Waals surface area (Å²) in [6.45, 7) is 9.33. The number of ether oxygens (including phenoxy) is 1. The summed E-state index contributed by atoms with van der Waals surface area (Å²) in [5.74, 6) is -0.0933. The fourth-order valence-electron chi connectivity index (χ4n) is 8.00. The second-order valence-electron chi connectivity index (χ2n) is 14.9. The van der Waals surface area contributed by atoms with Gasteiger partial charge in [0.1, 0.15) is 22.8 Å². The maximum Gasteiger partial charge on any atom is 0.387 e. The van der Waals surface area contributed by atoms with Crippen molar-refractivity contribution in [1.82, 2.24) is 19.8 Å². The van der Waals surface area contributed by atoms with Crippen LogP contribution in [-0.2, 0) is 17.9 Å². The zero-order valence-corrected chi connectivity index (χ0v) is 29.6. The average Bonchev–Trinajstić information content (AvgIpc) is 3.82. The lowest BCUT2D eigenvalue weighted by atomic mass is 9.84. The normalized spacial score (nSPS) is 17.7. The fraction of sp³-hybridized carbons (Fsp3) is 0.341. The lowest BCUT2D eigenvalue weighted by Crippen LogP contribution is -2.52. The van der Waals surface area contributed by atoms with Gasteiger partial charge < -0.3 is 18.7 Å². The molecule has 0 spiro atoms. The number of alkyl halides is 2. The fourth-order valence-corrected chi connectivity index (χ4v) is 8.00. The Labute approximate surface area is 299 Å². The Morgan fingerprint density at radius 2 is 1.50 bits per heavy atom. The van der Waals surface area contributed by atoms with E-state index in [4.69, 9.17) is 23.5 Å². The summed E-state index contributed by atoms with van der Waals surface area (Å²) in [5.41, 5.74) is 9.92. The van der Waals surface area contributed by atoms with E-state index in [0.717, 1.165) is 64.1 Å². The molecule has 1 atom stereocenters. The van der Waals surface area contributed by atoms with Crippen LogP contribution in [-0.4, -0.2) is 63.1 Å². The lowest BCUT2D eigenvalue weighted by Gasteiger charge is -2.46. The Bertz CT molecular complexity index is 2320. The largest absolute Gasteiger partial charge is 0.480 e. The Morgan fingerprint density at radius 1 is 0.885 bits per heavy atom. The Kier molecular flexibility index (Phi) is 8.58. The molecule has 2 saturated heterocycles. The standard InChI is InChI=1S/C41H40F2N4O5/c1-23-27(8-5-10-29(23)37-44-31-16-25(13-14-34(31)50-37)19-46-21-41(3,4)22-46)28-9-6-11-30(24(28)2)38-45-32-17-26(20-47-15-7-12-33(47)39(48)49)35(52-40(42)43)18-36(32)51-38/h5-6,8-11,13-14,16-18,33,40H,7,12,15,19-22H2,1-4H3,(H,48,49)/t33-/m0/s1. The lowest BCUT2D eigenvalue weighted by molar-refractivity contribution is -0.142. The Hall–Kier alpha value is -5.13. The van der Waals surface area contributed by atoms with Crippen molar-refractivity contribution in [3.8, 4) is 39.8 Å². The maximum absolute atomic E-state index is 13.5. The van der Waals surface area contributed by atoms with Gasteiger partial charge in [-0.05, 0) is 96.8 Å². The van der Waals surface area contributed by atoms with Crippen LogP contribution < -0.4 is 4.74 Å². The van der Waals surface area contributed by atoms with Gasteiger partial charge in [0.15, 0.2) is 11.2 Å². The number of likely N-dealkylation sites (tertiary alicyclic amines) is 2. The van der Waals surface area contributed by atoms with Gasteiger partial charge in [0.2, 0.25) is 11.8 Å². The number of carboxylic acid groups (broad SMARTS) is 1. The van der Waals surface area contributed by atoms with Gasteiger partial charge >= 0.3 is 12.6 Å². The molecule has 9 nitrogen and oxygen atoms in total. The Morgan fingerprint density at radius 3 is 2.12 bits per heavy atom. The minimum atomic E-state index is -3.06. The molecule has 2 fully saturated rings. The van der Waals surface area contributed by atoms with Crippen LogP contribution in [0.5, 0.6) is 5.75 Å². The van der Waals surface area contributed by atoms with Crippen molar-refractivity contribution < 1.29 is 32.3 Å². The summed E-state index contributed by atoms with van der Waals surface area (Å²) in [5, 5.41) is 9.65. The Balaban J connectivity index is 1.10. The highest BCUT2D eigenvalue weighted by Gasteiger charge is 2.34. The van der Waals surface area contributed by atoms with Crippen molar-refractivity contribution in [2.75, 3.05) is 19.6 Å². The molecule has 1 N–H and O–H groups in total. The molecular weight excluding hydrogens is 666 g/mol. The van der Waals surface area contributed by atoms with E-state index < -0.39 is 18.6 Å². The van der Waals surface area contributed by atoms with Crippen LogP contribution in [0, 0.1) is 19.3 Å². The summed E-state index contributed by atoms with van der Waals surface area (Å²) in [6.07, 6.45) is 1.21. The van der Waals surface area contributed by atoms with Crippen molar-refractivity contribution in [3.05, 3.63) is 89.0 Å². The van der Waals surface area contributed by atoms with E-state index in [1.165, 1.54) is 11.6 Å². The first-order chi connectivity index (χ1) is 24.9. The molecule has 0 aliphatic carbocycles. The molecule has 11 heteroatoms. The molecule has 4 heterocycles. The minimum Gasteiger partial charge on any atom is -0.480 e. The second kappa shape index (κ2) is 13.1. The smallest absolute Gasteiger partial charge is 0.387 e. The van der Waals surface area contributed by atoms with E-state index in [2.05, 4.69) is 43.9 Å². The zero-order valence-electron chi connectivity index (χ0n) is 29.6. The van der Waals surface area contributed by atoms with Crippen molar-refractivity contribution >= 4 is 28.2 Å². The second-order valence-corrected chi connectivity index (χ2v) is 14.9. The third kappa shape index (κ3) is 6.43. The number of halogens is 2. The molecule has 8 rings (SSSR count). The zero-order chi connectivity index (χ0) is 36.3. The maximum atomic E-state index is 13.5. The molecule has 52 heavy (non-hydrogen) atoms. The van der Waals surface area contributed by atoms with Crippen molar-refractivity contribution in [2.24, 2.45) is 5.41 Å². The van der Waals surface area contributed by atoms with Crippen LogP contribution in [0.1, 0.15) is 48.9 Å². The molecule has 268 valence electrons. The van der Waals surface area contributed by atoms with E-state index in [1.54, 1.807) is 11.0 Å². The van der Waals surface area contributed by atoms with Crippen molar-refractivity contribution in [2.45, 2.75) is 66.3 Å². The number of benzene rings is 4. The predicted molar refractivity (Wildman–Crippen MR) is 194 cm³/mol. The molecule has 6 aromatic rings. The van der Waals surface area contributed by atoms with Crippen LogP contribution in [0.15, 0.2) is 75.6 Å². The molecule has 0 amide bonds. The molecular formula is C41H40F2N4O5. The first kappa shape index (κ1) is 34.0. The van der Waals surface area contributed by atoms with Gasteiger partial charge in [-0.1, -0.05) is 44.2 Å². The molecule has 2 aromatic heterocycles. The van der Waals surface area contributed by atoms with E-state index >= 15 is 0 Å². The number of aliphatic carboxylic acids is 1. The van der Waals surface area contributed by atoms with Crippen LogP contribution >= 0.6 is 0 Å². The summed E-state index contributed by atoms with van der Waals surface area (Å²) in [6, 6.07) is 20.6. The molecule has 0 unspecified atom stereocenters. The molecule has 4 aromatic carbocycles. The number of nitrogens with zero attached hydrogens (tertiary/aromatic N) is 4. The quantitative estimate of drug-likeness (QED) is 0.149. The van der Waals surface area contributed by atoms with E-state index in [0.29, 0.717) is 53.2 Å². The number of fused-ring (bicyclic) bond motifs is 2. The summed E-state index contributed by atoms with van der Waals surface area (Å²) < 4.78 is 44.3. The SMILES string of the molecule is Cc1c(-c2nc3cc(CN4CC(C)(C)C4)ccc3o2)cccc1-c1cccc(-c2nc3cc(CN4CCC[C@H]4C(=O)O)c(OC(F)F)cc3o2)c1C. The van der Waals surface area contributed by atoms with Crippen LogP contribution in [0.3, 0.4) is 0 Å². The summed E-state index contributed by atoms with van der Waals surface area (Å²) in [4.78, 5) is 25.7. The average molecular weight is 707 g/mol. The molecule has 0 bridgehead atoms. The first-order valence-electron chi connectivity index (χ1n) is 17.6. The van der Waals surface area contributed by atoms with E-state index in [-0.39, 0.29) is 12.3 Å². The van der Waals surface area contributed by atoms with Gasteiger partial charge in [0.25, 0.3) is 0 Å². The van der Waals surface area contributed by atoms with Gasteiger partial charge in [0, 0.05) is 48.9 Å². The first-order valence-corrected chi connectivity index (χ1v) is 17.6. The van der Waals surface area contributed by atoms with Crippen molar-refractivity contribution in [1.29, 1.82) is 0 Å². The molecule has 0 radical (unpaired) electrons. The number of oxazole rings is 2. The van der Waals surface area contributed by atoms with Crippen LogP contribution in [0.4, 0.5) is 8.78 Å². The number of carbonyl (C=O) groups is 1. The van der Waals surface area contributed by atoms with E-state index in [9.17, 15) is 18.7 Å². The van der Waals surface area contributed by atoms with Gasteiger partial charge in [-0.15, -0.1) is 0 Å². The predicted octanol–water partition coefficient (Wildman–Crippen LogP) is 9.08. The van der Waals surface area contributed by atoms with Crippen molar-refractivity contribution in [3.63, 3.8) is 0 Å². The minimum absolute atomic E-state index is 0.0604. The number of aromatic nitrogens is 2. The highest BCUT2D eigenvalue weighted by Crippen LogP contribution is 2.39. The third-order valence-electron chi connectivity index (χ3n) is 10.4. The number of hydrogen-bond acceptors (Lipinski definition) is 8. The van der Waals surface area contributed by atoms with Crippen LogP contribution in [0.25, 0.3) is 56.2 Å². The number of carboxylic acids is 1. The highest BCUT2D eigenvalue weighted by atomic mass is 19.3. The monoisotopic (exact) mass is 706 g/mol. The number of hydrogen-bond donors (Lipinski definition) is 1. The van der Waals surface area contributed by atoms with Gasteiger partial charge in [-0.25, -0.2) is 9.97 Å². The summed E-state index contributed by atoms with van der Waals surface area (Å²) in [7, 11) is 0. The van der Waals surface area contributed by atoms with Gasteiger partial charge in [-0.3, -0.25) is 14.6 Å². The molecule has 2 aliphatic heterocycles. The highest BCUT2D eigenvalue weighted by molar-refractivity contribution is 5.85. The van der Waals surface area contributed by atoms with Gasteiger partial charge in [-0.2, -0.15) is 8.78 Å². The third-order valence-corrected chi connectivity index (χ3v) is 10.4. The van der Waals surface area contributed by atoms with Gasteiger partial charge in [0.05, 0.1) is 0 Å².